The molecule has 2 amide bonds. The first-order valence-electron chi connectivity index (χ1n) is 15.7. The Morgan fingerprint density at radius 3 is 2.30 bits per heavy atom. The summed E-state index contributed by atoms with van der Waals surface area (Å²) in [6.45, 7) is 12.3. The first-order chi connectivity index (χ1) is 21.8. The Morgan fingerprint density at radius 1 is 0.957 bits per heavy atom. The quantitative estimate of drug-likeness (QED) is 0.113. The van der Waals surface area contributed by atoms with Crippen molar-refractivity contribution in [3.05, 3.63) is 65.7 Å². The smallest absolute Gasteiger partial charge is 0.407 e. The number of esters is 1. The van der Waals surface area contributed by atoms with Gasteiger partial charge in [0.1, 0.15) is 30.1 Å². The second kappa shape index (κ2) is 19.7. The molecule has 4 atom stereocenters. The van der Waals surface area contributed by atoms with Crippen LogP contribution in [0.5, 0.6) is 5.75 Å². The largest absolute Gasteiger partial charge is 0.491 e. The minimum Gasteiger partial charge on any atom is -0.491 e. The first kappa shape index (κ1) is 38.5. The van der Waals surface area contributed by atoms with Crippen molar-refractivity contribution in [1.29, 1.82) is 0 Å². The van der Waals surface area contributed by atoms with Crippen LogP contribution < -0.4 is 26.4 Å². The lowest BCUT2D eigenvalue weighted by molar-refractivity contribution is -0.149. The lowest BCUT2D eigenvalue weighted by Crippen LogP contribution is -2.57. The van der Waals surface area contributed by atoms with Gasteiger partial charge >= 0.3 is 12.1 Å². The molecule has 12 nitrogen and oxygen atoms in total. The fourth-order valence-corrected chi connectivity index (χ4v) is 4.35. The van der Waals surface area contributed by atoms with Gasteiger partial charge in [0.15, 0.2) is 0 Å². The van der Waals surface area contributed by atoms with E-state index in [0.717, 1.165) is 11.1 Å². The van der Waals surface area contributed by atoms with E-state index >= 15 is 0 Å². The average Bonchev–Trinajstić information content (AvgIpc) is 2.99. The molecule has 0 aliphatic heterocycles. The summed E-state index contributed by atoms with van der Waals surface area (Å²) in [6.07, 6.45) is -1.81. The van der Waals surface area contributed by atoms with Crippen molar-refractivity contribution in [2.45, 2.75) is 84.3 Å². The van der Waals surface area contributed by atoms with Gasteiger partial charge in [-0.1, -0.05) is 56.3 Å². The van der Waals surface area contributed by atoms with Crippen LogP contribution in [0.3, 0.4) is 0 Å². The summed E-state index contributed by atoms with van der Waals surface area (Å²) in [5, 5.41) is 20.1. The van der Waals surface area contributed by atoms with E-state index in [-0.39, 0.29) is 38.0 Å². The van der Waals surface area contributed by atoms with Crippen molar-refractivity contribution < 1.29 is 38.4 Å². The minimum absolute atomic E-state index is 0.0547. The Bertz CT molecular complexity index is 1210. The summed E-state index contributed by atoms with van der Waals surface area (Å²) < 4.78 is 22.1. The van der Waals surface area contributed by atoms with Crippen LogP contribution in [0.25, 0.3) is 0 Å². The number of alkyl carbamates (subject to hydrolysis) is 1. The van der Waals surface area contributed by atoms with Crippen molar-refractivity contribution in [2.24, 2.45) is 11.7 Å². The monoisotopic (exact) mass is 644 g/mol. The van der Waals surface area contributed by atoms with Gasteiger partial charge in [-0.05, 0) is 63.3 Å². The van der Waals surface area contributed by atoms with Gasteiger partial charge in [-0.25, -0.2) is 4.79 Å². The Balaban J connectivity index is 2.00. The van der Waals surface area contributed by atoms with Gasteiger partial charge in [-0.2, -0.15) is 0 Å². The molecule has 0 heterocycles. The van der Waals surface area contributed by atoms with Gasteiger partial charge in [0, 0.05) is 13.1 Å². The maximum absolute atomic E-state index is 13.0. The lowest BCUT2D eigenvalue weighted by atomic mass is 9.96. The molecule has 0 bridgehead atoms. The molecule has 0 aliphatic carbocycles. The van der Waals surface area contributed by atoms with Crippen molar-refractivity contribution in [2.75, 3.05) is 33.0 Å². The highest BCUT2D eigenvalue weighted by molar-refractivity contribution is 5.81. The topological polar surface area (TPSA) is 170 Å². The highest BCUT2D eigenvalue weighted by Crippen LogP contribution is 2.16. The lowest BCUT2D eigenvalue weighted by Gasteiger charge is -2.31. The molecular weight excluding hydrogens is 592 g/mol. The average molecular weight is 645 g/mol. The normalized spacial score (nSPS) is 14.1. The number of ether oxygens (including phenoxy) is 4. The number of hydrogen-bond acceptors (Lipinski definition) is 10. The third-order valence-corrected chi connectivity index (χ3v) is 6.78. The molecule has 0 fully saturated rings. The number of nitrogens with one attached hydrogen (secondary N) is 3. The van der Waals surface area contributed by atoms with Gasteiger partial charge in [-0.3, -0.25) is 14.9 Å². The van der Waals surface area contributed by atoms with Crippen molar-refractivity contribution in [1.82, 2.24) is 16.0 Å². The number of hydrogen-bond donors (Lipinski definition) is 5. The molecular formula is C34H52N4O8. The van der Waals surface area contributed by atoms with Crippen molar-refractivity contribution in [3.63, 3.8) is 0 Å². The van der Waals surface area contributed by atoms with Crippen LogP contribution in [0, 0.1) is 5.92 Å². The summed E-state index contributed by atoms with van der Waals surface area (Å²) in [6, 6.07) is 14.1. The fourth-order valence-electron chi connectivity index (χ4n) is 4.35. The summed E-state index contributed by atoms with van der Waals surface area (Å²) in [5.41, 5.74) is 6.73. The van der Waals surface area contributed by atoms with Crippen LogP contribution in [0.4, 0.5) is 4.79 Å². The number of aliphatic hydroxyl groups is 1. The summed E-state index contributed by atoms with van der Waals surface area (Å²) >= 11 is 0. The number of nitrogens with two attached hydrogens (primary N) is 1. The maximum atomic E-state index is 13.0. The second-order valence-corrected chi connectivity index (χ2v) is 12.2. The molecule has 0 saturated heterocycles. The second-order valence-electron chi connectivity index (χ2n) is 12.2. The van der Waals surface area contributed by atoms with E-state index in [0.29, 0.717) is 25.5 Å². The Labute approximate surface area is 272 Å². The molecule has 256 valence electrons. The molecule has 2 aromatic carbocycles. The van der Waals surface area contributed by atoms with Gasteiger partial charge < -0.3 is 40.4 Å². The Morgan fingerprint density at radius 2 is 1.65 bits per heavy atom. The highest BCUT2D eigenvalue weighted by Gasteiger charge is 2.35. The summed E-state index contributed by atoms with van der Waals surface area (Å²) in [4.78, 5) is 37.6. The maximum Gasteiger partial charge on any atom is 0.407 e. The SMILES string of the molecule is CCOC(=O)[C@H](NCc1cccc(OCCOCCNC(=O)[C@@H](N)C(C)C)c1)[C@H](O)[C@H](Cc1ccccc1)NC(=O)OC(C)(C)C. The zero-order valence-electron chi connectivity index (χ0n) is 27.9. The molecule has 0 aromatic heterocycles. The molecule has 0 radical (unpaired) electrons. The van der Waals surface area contributed by atoms with E-state index in [1.54, 1.807) is 33.8 Å². The van der Waals surface area contributed by atoms with E-state index in [1.165, 1.54) is 0 Å². The molecule has 0 saturated carbocycles. The van der Waals surface area contributed by atoms with Gasteiger partial charge in [0.25, 0.3) is 0 Å². The zero-order valence-corrected chi connectivity index (χ0v) is 27.9. The Hall–Kier alpha value is -3.71. The number of aliphatic hydroxyl groups excluding tert-OH is 1. The van der Waals surface area contributed by atoms with E-state index < -0.39 is 41.9 Å². The fraction of sp³-hybridized carbons (Fsp3) is 0.559. The first-order valence-corrected chi connectivity index (χ1v) is 15.7. The minimum atomic E-state index is -1.35. The molecule has 2 aromatic rings. The van der Waals surface area contributed by atoms with Gasteiger partial charge in [-0.15, -0.1) is 0 Å². The predicted octanol–water partition coefficient (Wildman–Crippen LogP) is 2.70. The number of carbonyl (C=O) groups excluding carboxylic acids is 3. The summed E-state index contributed by atoms with van der Waals surface area (Å²) in [5.74, 6) is -0.199. The number of rotatable bonds is 19. The third kappa shape index (κ3) is 14.6. The molecule has 0 aliphatic rings. The Kier molecular flexibility index (Phi) is 16.5. The van der Waals surface area contributed by atoms with Crippen LogP contribution in [0.2, 0.25) is 0 Å². The molecule has 0 unspecified atom stereocenters. The van der Waals surface area contributed by atoms with Gasteiger partial charge in [0.05, 0.1) is 31.9 Å². The standard InChI is InChI=1S/C34H52N4O8/c1-7-44-32(41)29(30(39)27(21-24-12-9-8-10-13-24)38-33(42)46-34(4,5)6)37-22-25-14-11-15-26(20-25)45-19-18-43-17-16-36-31(40)28(35)23(2)3/h8-15,20,23,27-30,37,39H,7,16-19,21-22,35H2,1-6H3,(H,36,40)(H,38,42)/t27-,28-,29+,30+/m0/s1. The van der Waals surface area contributed by atoms with Crippen LogP contribution >= 0.6 is 0 Å². The molecule has 0 spiro atoms. The van der Waals surface area contributed by atoms with Gasteiger partial charge in [0.2, 0.25) is 5.91 Å². The zero-order chi connectivity index (χ0) is 34.1. The highest BCUT2D eigenvalue weighted by atomic mass is 16.6. The third-order valence-electron chi connectivity index (χ3n) is 6.78. The number of amides is 2. The number of benzene rings is 2. The van der Waals surface area contributed by atoms with Crippen LogP contribution in [-0.4, -0.2) is 85.9 Å². The molecule has 12 heteroatoms. The molecule has 46 heavy (non-hydrogen) atoms. The van der Waals surface area contributed by atoms with E-state index in [1.807, 2.05) is 62.4 Å². The van der Waals surface area contributed by atoms with E-state index in [9.17, 15) is 19.5 Å². The van der Waals surface area contributed by atoms with Crippen LogP contribution in [0.15, 0.2) is 54.6 Å². The molecule has 6 N–H and O–H groups in total. The summed E-state index contributed by atoms with van der Waals surface area (Å²) in [7, 11) is 0. The van der Waals surface area contributed by atoms with Crippen molar-refractivity contribution in [3.8, 4) is 5.75 Å². The van der Waals surface area contributed by atoms with E-state index in [2.05, 4.69) is 16.0 Å². The van der Waals surface area contributed by atoms with Crippen LogP contribution in [0.1, 0.15) is 52.7 Å². The van der Waals surface area contributed by atoms with E-state index in [4.69, 9.17) is 24.7 Å². The predicted molar refractivity (Wildman–Crippen MR) is 175 cm³/mol. The van der Waals surface area contributed by atoms with Crippen LogP contribution in [-0.2, 0) is 36.8 Å². The number of carbonyl (C=O) groups is 3. The van der Waals surface area contributed by atoms with Crippen molar-refractivity contribution >= 4 is 18.0 Å². The molecule has 2 rings (SSSR count).